The van der Waals surface area contributed by atoms with Crippen LogP contribution < -0.4 is 16.6 Å². The van der Waals surface area contributed by atoms with Crippen molar-refractivity contribution in [2.75, 3.05) is 31.0 Å². The number of hydrogen-bond donors (Lipinski definition) is 3. The quantitative estimate of drug-likeness (QED) is 0.363. The number of unbranched alkanes of at least 4 members (excludes halogenated alkanes) is 1. The monoisotopic (exact) mass is 225 g/mol. The Kier molecular flexibility index (Phi) is 5.52. The van der Waals surface area contributed by atoms with Crippen LogP contribution in [0, 0.1) is 6.92 Å². The van der Waals surface area contributed by atoms with E-state index in [4.69, 9.17) is 10.6 Å². The lowest BCUT2D eigenvalue weighted by atomic mass is 10.3. The number of hydrogen-bond acceptors (Lipinski definition) is 6. The first-order chi connectivity index (χ1) is 7.76. The standard InChI is InChI=1S/C10H19N5O/c1-8-13-9(7-10(14-8)15-11)12-5-3-4-6-16-2/h7H,3-6,11H2,1-2H3,(H2,12,13,14,15). The number of ether oxygens (including phenoxy) is 1. The summed E-state index contributed by atoms with van der Waals surface area (Å²) in [4.78, 5) is 8.35. The van der Waals surface area contributed by atoms with Crippen molar-refractivity contribution < 1.29 is 4.74 Å². The van der Waals surface area contributed by atoms with Gasteiger partial charge in [-0.25, -0.2) is 15.8 Å². The third-order valence-corrected chi connectivity index (χ3v) is 2.07. The van der Waals surface area contributed by atoms with Crippen molar-refractivity contribution >= 4 is 11.6 Å². The highest BCUT2D eigenvalue weighted by Gasteiger charge is 1.99. The minimum absolute atomic E-state index is 0.617. The number of anilines is 2. The molecule has 0 fully saturated rings. The second kappa shape index (κ2) is 6.97. The molecule has 0 bridgehead atoms. The summed E-state index contributed by atoms with van der Waals surface area (Å²) in [6, 6.07) is 1.78. The van der Waals surface area contributed by atoms with E-state index in [0.29, 0.717) is 11.6 Å². The number of nitrogen functional groups attached to an aromatic ring is 1. The Morgan fingerprint density at radius 2 is 2.06 bits per heavy atom. The number of aromatic nitrogens is 2. The molecule has 0 aromatic carbocycles. The Bertz CT molecular complexity index is 318. The summed E-state index contributed by atoms with van der Waals surface area (Å²) in [7, 11) is 1.71. The van der Waals surface area contributed by atoms with E-state index in [1.165, 1.54) is 0 Å². The summed E-state index contributed by atoms with van der Waals surface area (Å²) < 4.78 is 4.97. The van der Waals surface area contributed by atoms with Gasteiger partial charge >= 0.3 is 0 Å². The number of aryl methyl sites for hydroxylation is 1. The molecule has 0 aliphatic rings. The fraction of sp³-hybridized carbons (Fsp3) is 0.600. The topological polar surface area (TPSA) is 85.1 Å². The first-order valence-electron chi connectivity index (χ1n) is 5.31. The minimum Gasteiger partial charge on any atom is -0.385 e. The van der Waals surface area contributed by atoms with Crippen LogP contribution in [0.15, 0.2) is 6.07 Å². The van der Waals surface area contributed by atoms with E-state index in [0.717, 1.165) is 31.8 Å². The number of nitrogens with one attached hydrogen (secondary N) is 2. The van der Waals surface area contributed by atoms with Crippen molar-refractivity contribution in [3.63, 3.8) is 0 Å². The van der Waals surface area contributed by atoms with Crippen LogP contribution >= 0.6 is 0 Å². The van der Waals surface area contributed by atoms with Gasteiger partial charge in [-0.15, -0.1) is 0 Å². The van der Waals surface area contributed by atoms with Crippen molar-refractivity contribution in [1.29, 1.82) is 0 Å². The van der Waals surface area contributed by atoms with Crippen LogP contribution in [0.5, 0.6) is 0 Å². The van der Waals surface area contributed by atoms with Gasteiger partial charge in [-0.05, 0) is 19.8 Å². The molecule has 4 N–H and O–H groups in total. The fourth-order valence-electron chi connectivity index (χ4n) is 1.32. The maximum Gasteiger partial charge on any atom is 0.145 e. The molecule has 0 radical (unpaired) electrons. The molecule has 1 rings (SSSR count). The molecule has 0 amide bonds. The molecule has 1 aromatic rings. The molecule has 0 spiro atoms. The van der Waals surface area contributed by atoms with Gasteiger partial charge in [0.2, 0.25) is 0 Å². The summed E-state index contributed by atoms with van der Waals surface area (Å²) >= 11 is 0. The summed E-state index contributed by atoms with van der Waals surface area (Å²) in [6.45, 7) is 3.49. The number of nitrogens with two attached hydrogens (primary N) is 1. The van der Waals surface area contributed by atoms with E-state index >= 15 is 0 Å². The summed E-state index contributed by atoms with van der Waals surface area (Å²) in [6.07, 6.45) is 2.08. The Morgan fingerprint density at radius 1 is 1.31 bits per heavy atom. The van der Waals surface area contributed by atoms with Crippen molar-refractivity contribution in [2.45, 2.75) is 19.8 Å². The maximum absolute atomic E-state index is 5.30. The number of rotatable bonds is 7. The van der Waals surface area contributed by atoms with Crippen molar-refractivity contribution in [2.24, 2.45) is 5.84 Å². The molecular formula is C10H19N5O. The lowest BCUT2D eigenvalue weighted by Crippen LogP contribution is -2.12. The zero-order chi connectivity index (χ0) is 11.8. The van der Waals surface area contributed by atoms with Crippen LogP contribution in [0.1, 0.15) is 18.7 Å². The molecule has 0 saturated carbocycles. The molecule has 16 heavy (non-hydrogen) atoms. The van der Waals surface area contributed by atoms with E-state index in [1.807, 2.05) is 6.92 Å². The fourth-order valence-corrected chi connectivity index (χ4v) is 1.32. The summed E-state index contributed by atoms with van der Waals surface area (Å²) in [5.41, 5.74) is 2.51. The molecule has 6 heteroatoms. The smallest absolute Gasteiger partial charge is 0.145 e. The van der Waals surface area contributed by atoms with E-state index in [1.54, 1.807) is 13.2 Å². The van der Waals surface area contributed by atoms with Gasteiger partial charge in [0, 0.05) is 26.3 Å². The predicted molar refractivity (Wildman–Crippen MR) is 64.2 cm³/mol. The Balaban J connectivity index is 2.38. The van der Waals surface area contributed by atoms with Crippen LogP contribution in [-0.2, 0) is 4.74 Å². The molecule has 0 aliphatic carbocycles. The zero-order valence-electron chi connectivity index (χ0n) is 9.79. The highest BCUT2D eigenvalue weighted by molar-refractivity contribution is 5.46. The molecule has 0 aliphatic heterocycles. The van der Waals surface area contributed by atoms with Gasteiger partial charge in [0.1, 0.15) is 17.5 Å². The normalized spacial score (nSPS) is 10.2. The van der Waals surface area contributed by atoms with E-state index in [2.05, 4.69) is 20.7 Å². The van der Waals surface area contributed by atoms with E-state index in [9.17, 15) is 0 Å². The van der Waals surface area contributed by atoms with Crippen LogP contribution in [-0.4, -0.2) is 30.2 Å². The molecule has 0 atom stereocenters. The SMILES string of the molecule is COCCCCNc1cc(NN)nc(C)n1. The van der Waals surface area contributed by atoms with Crippen LogP contribution in [0.3, 0.4) is 0 Å². The van der Waals surface area contributed by atoms with E-state index < -0.39 is 0 Å². The van der Waals surface area contributed by atoms with Gasteiger partial charge < -0.3 is 15.5 Å². The lowest BCUT2D eigenvalue weighted by Gasteiger charge is -2.07. The third kappa shape index (κ3) is 4.41. The van der Waals surface area contributed by atoms with Crippen molar-refractivity contribution in [1.82, 2.24) is 9.97 Å². The molecule has 90 valence electrons. The molecule has 6 nitrogen and oxygen atoms in total. The average molecular weight is 225 g/mol. The molecular weight excluding hydrogens is 206 g/mol. The molecule has 1 aromatic heterocycles. The number of methoxy groups -OCH3 is 1. The van der Waals surface area contributed by atoms with E-state index in [-0.39, 0.29) is 0 Å². The summed E-state index contributed by atoms with van der Waals surface area (Å²) in [5, 5.41) is 3.22. The van der Waals surface area contributed by atoms with Gasteiger partial charge in [-0.3, -0.25) is 0 Å². The first kappa shape index (κ1) is 12.7. The Labute approximate surface area is 95.6 Å². The van der Waals surface area contributed by atoms with Gasteiger partial charge in [0.15, 0.2) is 0 Å². The number of nitrogens with zero attached hydrogens (tertiary/aromatic N) is 2. The maximum atomic E-state index is 5.30. The van der Waals surface area contributed by atoms with Gasteiger partial charge in [0.05, 0.1) is 0 Å². The largest absolute Gasteiger partial charge is 0.385 e. The molecule has 1 heterocycles. The summed E-state index contributed by atoms with van der Waals surface area (Å²) in [5.74, 6) is 7.39. The second-order valence-electron chi connectivity index (χ2n) is 3.46. The number of hydrazine groups is 1. The lowest BCUT2D eigenvalue weighted by molar-refractivity contribution is 0.194. The minimum atomic E-state index is 0.617. The van der Waals surface area contributed by atoms with Gasteiger partial charge in [-0.2, -0.15) is 0 Å². The zero-order valence-corrected chi connectivity index (χ0v) is 9.79. The first-order valence-corrected chi connectivity index (χ1v) is 5.31. The van der Waals surface area contributed by atoms with Crippen molar-refractivity contribution in [3.05, 3.63) is 11.9 Å². The Morgan fingerprint density at radius 3 is 2.75 bits per heavy atom. The molecule has 0 unspecified atom stereocenters. The third-order valence-electron chi connectivity index (χ3n) is 2.07. The van der Waals surface area contributed by atoms with Gasteiger partial charge in [0.25, 0.3) is 0 Å². The van der Waals surface area contributed by atoms with Crippen molar-refractivity contribution in [3.8, 4) is 0 Å². The predicted octanol–water partition coefficient (Wildman–Crippen LogP) is 0.909. The van der Waals surface area contributed by atoms with Crippen LogP contribution in [0.2, 0.25) is 0 Å². The van der Waals surface area contributed by atoms with Crippen LogP contribution in [0.25, 0.3) is 0 Å². The average Bonchev–Trinajstić information content (AvgIpc) is 2.28. The highest BCUT2D eigenvalue weighted by atomic mass is 16.5. The highest BCUT2D eigenvalue weighted by Crippen LogP contribution is 2.09. The molecule has 0 saturated heterocycles. The van der Waals surface area contributed by atoms with Crippen LogP contribution in [0.4, 0.5) is 11.6 Å². The Hall–Kier alpha value is -1.40. The van der Waals surface area contributed by atoms with Gasteiger partial charge in [-0.1, -0.05) is 0 Å². The second-order valence-corrected chi connectivity index (χ2v) is 3.46.